The van der Waals surface area contributed by atoms with Crippen molar-refractivity contribution in [3.05, 3.63) is 34.0 Å². The fraction of sp³-hybridized carbons (Fsp3) is 0.375. The van der Waals surface area contributed by atoms with Gasteiger partial charge in [-0.3, -0.25) is 10.1 Å². The van der Waals surface area contributed by atoms with Crippen molar-refractivity contribution >= 4 is 6.29 Å². The van der Waals surface area contributed by atoms with Crippen molar-refractivity contribution in [1.82, 2.24) is 0 Å². The third kappa shape index (κ3) is 1.28. The van der Waals surface area contributed by atoms with Gasteiger partial charge in [-0.2, -0.15) is 0 Å². The molecule has 0 saturated carbocycles. The molecular formula is C8H9NO3. The first-order valence-corrected chi connectivity index (χ1v) is 3.58. The van der Waals surface area contributed by atoms with Gasteiger partial charge in [0.15, 0.2) is 0 Å². The van der Waals surface area contributed by atoms with Crippen molar-refractivity contribution in [3.8, 4) is 0 Å². The molecule has 0 amide bonds. The molecule has 12 heavy (non-hydrogen) atoms. The summed E-state index contributed by atoms with van der Waals surface area (Å²) in [6.45, 7) is 1.57. The van der Waals surface area contributed by atoms with Crippen LogP contribution in [-0.4, -0.2) is 11.2 Å². The van der Waals surface area contributed by atoms with Gasteiger partial charge in [-0.15, -0.1) is 0 Å². The Kier molecular flexibility index (Phi) is 2.08. The molecule has 0 N–H and O–H groups in total. The number of nitro groups is 1. The second-order valence-corrected chi connectivity index (χ2v) is 2.98. The summed E-state index contributed by atoms with van der Waals surface area (Å²) < 4.78 is 0. The van der Waals surface area contributed by atoms with Crippen LogP contribution in [0, 0.1) is 15.5 Å². The zero-order valence-electron chi connectivity index (χ0n) is 6.69. The van der Waals surface area contributed by atoms with E-state index in [4.69, 9.17) is 0 Å². The van der Waals surface area contributed by atoms with Gasteiger partial charge in [0, 0.05) is 6.08 Å². The van der Waals surface area contributed by atoms with Crippen molar-refractivity contribution < 1.29 is 9.72 Å². The van der Waals surface area contributed by atoms with Crippen molar-refractivity contribution in [3.63, 3.8) is 0 Å². The lowest BCUT2D eigenvalue weighted by molar-refractivity contribution is -0.437. The molecule has 0 aliphatic heterocycles. The van der Waals surface area contributed by atoms with Gasteiger partial charge in [-0.1, -0.05) is 12.2 Å². The van der Waals surface area contributed by atoms with Gasteiger partial charge in [-0.25, -0.2) is 0 Å². The van der Waals surface area contributed by atoms with Crippen molar-refractivity contribution in [1.29, 1.82) is 0 Å². The van der Waals surface area contributed by atoms with E-state index in [1.165, 1.54) is 6.08 Å². The maximum Gasteiger partial charge on any atom is 0.259 e. The first-order valence-electron chi connectivity index (χ1n) is 3.58. The first-order chi connectivity index (χ1) is 5.60. The molecule has 1 unspecified atom stereocenters. The normalized spacial score (nSPS) is 27.9. The summed E-state index contributed by atoms with van der Waals surface area (Å²) in [4.78, 5) is 20.6. The Morgan fingerprint density at radius 1 is 1.75 bits per heavy atom. The smallest absolute Gasteiger partial charge is 0.259 e. The quantitative estimate of drug-likeness (QED) is 0.354. The molecule has 1 atom stereocenters. The van der Waals surface area contributed by atoms with Crippen LogP contribution in [0.2, 0.25) is 0 Å². The van der Waals surface area contributed by atoms with Gasteiger partial charge in [-0.05, 0) is 13.3 Å². The Morgan fingerprint density at radius 2 is 2.42 bits per heavy atom. The molecule has 0 aromatic carbocycles. The van der Waals surface area contributed by atoms with Gasteiger partial charge >= 0.3 is 0 Å². The van der Waals surface area contributed by atoms with E-state index in [0.29, 0.717) is 12.7 Å². The minimum Gasteiger partial charge on any atom is -0.302 e. The van der Waals surface area contributed by atoms with Gasteiger partial charge < -0.3 is 4.79 Å². The molecular weight excluding hydrogens is 158 g/mol. The molecule has 0 bridgehead atoms. The van der Waals surface area contributed by atoms with Crippen molar-refractivity contribution in [2.24, 2.45) is 5.41 Å². The number of hydrogen-bond donors (Lipinski definition) is 0. The Morgan fingerprint density at radius 3 is 2.83 bits per heavy atom. The zero-order chi connectivity index (χ0) is 9.19. The lowest BCUT2D eigenvalue weighted by Gasteiger charge is -2.19. The minimum atomic E-state index is -0.946. The molecule has 1 aliphatic carbocycles. The maximum absolute atomic E-state index is 10.6. The molecule has 0 radical (unpaired) electrons. The fourth-order valence-corrected chi connectivity index (χ4v) is 1.14. The molecule has 0 aromatic heterocycles. The van der Waals surface area contributed by atoms with Gasteiger partial charge in [0.05, 0.1) is 4.92 Å². The third-order valence-corrected chi connectivity index (χ3v) is 1.97. The highest BCUT2D eigenvalue weighted by molar-refractivity contribution is 5.64. The SMILES string of the molecule is CC1(C=O)CC=CC=C1[N+](=O)[O-]. The highest BCUT2D eigenvalue weighted by Gasteiger charge is 2.37. The average Bonchev–Trinajstić information content (AvgIpc) is 2.05. The Labute approximate surface area is 69.7 Å². The monoisotopic (exact) mass is 167 g/mol. The van der Waals surface area contributed by atoms with Crippen LogP contribution in [0.5, 0.6) is 0 Å². The predicted octanol–water partition coefficient (Wildman–Crippen LogP) is 1.31. The number of aldehydes is 1. The molecule has 1 aliphatic rings. The van der Waals surface area contributed by atoms with E-state index in [0.717, 1.165) is 0 Å². The van der Waals surface area contributed by atoms with Crippen LogP contribution in [0.3, 0.4) is 0 Å². The maximum atomic E-state index is 10.6. The molecule has 4 heteroatoms. The Bertz CT molecular complexity index is 280. The molecule has 1 rings (SSSR count). The molecule has 64 valence electrons. The molecule has 0 fully saturated rings. The average molecular weight is 167 g/mol. The molecule has 0 spiro atoms. The van der Waals surface area contributed by atoms with Crippen molar-refractivity contribution in [2.75, 3.05) is 0 Å². The second-order valence-electron chi connectivity index (χ2n) is 2.98. The van der Waals surface area contributed by atoms with Crippen LogP contribution in [0.25, 0.3) is 0 Å². The van der Waals surface area contributed by atoms with E-state index in [1.54, 1.807) is 19.1 Å². The van der Waals surface area contributed by atoms with Gasteiger partial charge in [0.1, 0.15) is 11.7 Å². The van der Waals surface area contributed by atoms with Crippen LogP contribution in [0.4, 0.5) is 0 Å². The number of carbonyl (C=O) groups excluding carboxylic acids is 1. The summed E-state index contributed by atoms with van der Waals surface area (Å²) in [6, 6.07) is 0. The number of rotatable bonds is 2. The zero-order valence-corrected chi connectivity index (χ0v) is 6.69. The van der Waals surface area contributed by atoms with Gasteiger partial charge in [0.2, 0.25) is 0 Å². The van der Waals surface area contributed by atoms with E-state index < -0.39 is 10.3 Å². The lowest BCUT2D eigenvalue weighted by Crippen LogP contribution is -2.26. The topological polar surface area (TPSA) is 60.2 Å². The molecule has 0 saturated heterocycles. The fourth-order valence-electron chi connectivity index (χ4n) is 1.14. The number of allylic oxidation sites excluding steroid dienone is 4. The molecule has 4 nitrogen and oxygen atoms in total. The number of nitrogens with zero attached hydrogens (tertiary/aromatic N) is 1. The number of hydrogen-bond acceptors (Lipinski definition) is 3. The summed E-state index contributed by atoms with van der Waals surface area (Å²) in [7, 11) is 0. The highest BCUT2D eigenvalue weighted by atomic mass is 16.6. The molecule has 0 heterocycles. The third-order valence-electron chi connectivity index (χ3n) is 1.97. The van der Waals surface area contributed by atoms with Crippen LogP contribution in [0.15, 0.2) is 23.9 Å². The summed E-state index contributed by atoms with van der Waals surface area (Å²) >= 11 is 0. The lowest BCUT2D eigenvalue weighted by atomic mass is 9.82. The largest absolute Gasteiger partial charge is 0.302 e. The van der Waals surface area contributed by atoms with E-state index in [9.17, 15) is 14.9 Å². The highest BCUT2D eigenvalue weighted by Crippen LogP contribution is 2.32. The van der Waals surface area contributed by atoms with Crippen LogP contribution < -0.4 is 0 Å². The Balaban J connectivity index is 3.06. The van der Waals surface area contributed by atoms with E-state index in [-0.39, 0.29) is 5.70 Å². The molecule has 0 aromatic rings. The number of carbonyl (C=O) groups is 1. The summed E-state index contributed by atoms with van der Waals surface area (Å²) in [6.07, 6.45) is 5.76. The summed E-state index contributed by atoms with van der Waals surface area (Å²) in [5.41, 5.74) is -0.974. The van der Waals surface area contributed by atoms with E-state index in [2.05, 4.69) is 0 Å². The van der Waals surface area contributed by atoms with Crippen molar-refractivity contribution in [2.45, 2.75) is 13.3 Å². The minimum absolute atomic E-state index is 0.0278. The van der Waals surface area contributed by atoms with Crippen LogP contribution >= 0.6 is 0 Å². The van der Waals surface area contributed by atoms with Gasteiger partial charge in [0.25, 0.3) is 5.70 Å². The van der Waals surface area contributed by atoms with E-state index >= 15 is 0 Å². The van der Waals surface area contributed by atoms with Crippen LogP contribution in [-0.2, 0) is 4.79 Å². The summed E-state index contributed by atoms with van der Waals surface area (Å²) in [5, 5.41) is 10.5. The van der Waals surface area contributed by atoms with Crippen LogP contribution in [0.1, 0.15) is 13.3 Å². The first kappa shape index (κ1) is 8.64. The second kappa shape index (κ2) is 2.89. The standard InChI is InChI=1S/C8H9NO3/c1-8(6-10)5-3-2-4-7(8)9(11)12/h2-4,6H,5H2,1H3. The summed E-state index contributed by atoms with van der Waals surface area (Å²) in [5.74, 6) is 0. The predicted molar refractivity (Wildman–Crippen MR) is 43.0 cm³/mol. The van der Waals surface area contributed by atoms with E-state index in [1.807, 2.05) is 0 Å². The Hall–Kier alpha value is -1.45.